The summed E-state index contributed by atoms with van der Waals surface area (Å²) in [5, 5.41) is 16.7. The van der Waals surface area contributed by atoms with Gasteiger partial charge in [0.1, 0.15) is 11.5 Å². The van der Waals surface area contributed by atoms with E-state index in [1.165, 1.54) is 12.1 Å². The highest BCUT2D eigenvalue weighted by Gasteiger charge is 2.44. The van der Waals surface area contributed by atoms with Crippen molar-refractivity contribution >= 4 is 17.3 Å². The van der Waals surface area contributed by atoms with Gasteiger partial charge in [-0.15, -0.1) is 0 Å². The van der Waals surface area contributed by atoms with E-state index < -0.39 is 4.92 Å². The van der Waals surface area contributed by atoms with Crippen molar-refractivity contribution in [1.82, 2.24) is 5.32 Å². The summed E-state index contributed by atoms with van der Waals surface area (Å²) in [5.74, 6) is -0.661. The number of halogens is 1. The van der Waals surface area contributed by atoms with Gasteiger partial charge in [0, 0.05) is 25.1 Å². The first-order chi connectivity index (χ1) is 12.1. The summed E-state index contributed by atoms with van der Waals surface area (Å²) < 4.78 is 13.7. The van der Waals surface area contributed by atoms with Crippen molar-refractivity contribution < 1.29 is 14.1 Å². The second kappa shape index (κ2) is 7.29. The van der Waals surface area contributed by atoms with Gasteiger partial charge in [-0.05, 0) is 30.0 Å². The molecule has 0 aliphatic heterocycles. The maximum atomic E-state index is 13.7. The minimum absolute atomic E-state index is 0.00404. The number of amides is 1. The van der Waals surface area contributed by atoms with Crippen LogP contribution in [0.3, 0.4) is 0 Å². The van der Waals surface area contributed by atoms with Gasteiger partial charge in [-0.3, -0.25) is 14.9 Å². The maximum Gasteiger partial charge on any atom is 0.292 e. The second-order valence-electron chi connectivity index (χ2n) is 5.96. The Hall–Kier alpha value is -2.96. The molecule has 7 heteroatoms. The molecule has 1 aliphatic carbocycles. The minimum Gasteiger partial charge on any atom is -0.378 e. The molecule has 0 aromatic heterocycles. The van der Waals surface area contributed by atoms with Crippen LogP contribution in [-0.2, 0) is 4.79 Å². The van der Waals surface area contributed by atoms with Crippen LogP contribution in [-0.4, -0.2) is 23.9 Å². The van der Waals surface area contributed by atoms with Gasteiger partial charge in [0.05, 0.1) is 4.92 Å². The van der Waals surface area contributed by atoms with Crippen LogP contribution in [0.15, 0.2) is 48.5 Å². The Balaban J connectivity index is 1.45. The molecule has 2 aromatic rings. The van der Waals surface area contributed by atoms with Crippen LogP contribution in [0.5, 0.6) is 0 Å². The third-order valence-electron chi connectivity index (χ3n) is 4.27. The zero-order chi connectivity index (χ0) is 17.8. The number of para-hydroxylation sites is 2. The van der Waals surface area contributed by atoms with Crippen LogP contribution >= 0.6 is 0 Å². The number of carbonyl (C=O) groups is 1. The molecular weight excluding hydrogens is 325 g/mol. The lowest BCUT2D eigenvalue weighted by Gasteiger charge is -2.08. The van der Waals surface area contributed by atoms with Gasteiger partial charge in [-0.2, -0.15) is 0 Å². The SMILES string of the molecule is O=C(NCCNc1ccccc1[N+](=O)[O-])C1CC1c1ccccc1F. The van der Waals surface area contributed by atoms with E-state index in [9.17, 15) is 19.3 Å². The summed E-state index contributed by atoms with van der Waals surface area (Å²) in [6.07, 6.45) is 0.643. The fraction of sp³-hybridized carbons (Fsp3) is 0.278. The minimum atomic E-state index is -0.454. The lowest BCUT2D eigenvalue weighted by Crippen LogP contribution is -2.30. The summed E-state index contributed by atoms with van der Waals surface area (Å²) in [6, 6.07) is 12.9. The largest absolute Gasteiger partial charge is 0.378 e. The number of carbonyl (C=O) groups excluding carboxylic acids is 1. The Morgan fingerprint density at radius 1 is 1.16 bits per heavy atom. The van der Waals surface area contributed by atoms with Crippen molar-refractivity contribution in [2.45, 2.75) is 12.3 Å². The zero-order valence-electron chi connectivity index (χ0n) is 13.4. The molecule has 2 unspecified atom stereocenters. The first-order valence-corrected chi connectivity index (χ1v) is 8.07. The summed E-state index contributed by atoms with van der Waals surface area (Å²) in [6.45, 7) is 0.707. The average Bonchev–Trinajstić information content (AvgIpc) is 3.40. The topological polar surface area (TPSA) is 84.3 Å². The molecule has 25 heavy (non-hydrogen) atoms. The number of rotatable bonds is 7. The molecule has 6 nitrogen and oxygen atoms in total. The fourth-order valence-corrected chi connectivity index (χ4v) is 2.90. The van der Waals surface area contributed by atoms with Gasteiger partial charge in [0.25, 0.3) is 5.69 Å². The van der Waals surface area contributed by atoms with Gasteiger partial charge in [0.2, 0.25) is 5.91 Å². The highest BCUT2D eigenvalue weighted by atomic mass is 19.1. The number of benzene rings is 2. The van der Waals surface area contributed by atoms with Crippen molar-refractivity contribution in [3.05, 3.63) is 70.0 Å². The van der Waals surface area contributed by atoms with Crippen molar-refractivity contribution in [3.63, 3.8) is 0 Å². The van der Waals surface area contributed by atoms with E-state index in [0.717, 1.165) is 0 Å². The Labute approximate surface area is 144 Å². The molecule has 3 rings (SSSR count). The number of nitro groups is 1. The van der Waals surface area contributed by atoms with E-state index in [4.69, 9.17) is 0 Å². The summed E-state index contributed by atoms with van der Waals surface area (Å²) in [7, 11) is 0. The molecule has 2 atom stereocenters. The monoisotopic (exact) mass is 343 g/mol. The molecule has 130 valence electrons. The van der Waals surface area contributed by atoms with Crippen molar-refractivity contribution in [3.8, 4) is 0 Å². The highest BCUT2D eigenvalue weighted by Crippen LogP contribution is 2.48. The van der Waals surface area contributed by atoms with Crippen molar-refractivity contribution in [2.24, 2.45) is 5.92 Å². The molecule has 0 heterocycles. The molecule has 0 bridgehead atoms. The second-order valence-corrected chi connectivity index (χ2v) is 5.96. The molecular formula is C18H18FN3O3. The van der Waals surface area contributed by atoms with Crippen LogP contribution < -0.4 is 10.6 Å². The molecule has 1 fully saturated rings. The Morgan fingerprint density at radius 3 is 2.64 bits per heavy atom. The van der Waals surface area contributed by atoms with E-state index in [0.29, 0.717) is 30.8 Å². The third kappa shape index (κ3) is 3.93. The number of hydrogen-bond donors (Lipinski definition) is 2. The van der Waals surface area contributed by atoms with E-state index in [1.54, 1.807) is 36.4 Å². The van der Waals surface area contributed by atoms with Crippen LogP contribution in [0.25, 0.3) is 0 Å². The van der Waals surface area contributed by atoms with Crippen LogP contribution in [0.2, 0.25) is 0 Å². The molecule has 2 aromatic carbocycles. The van der Waals surface area contributed by atoms with Crippen LogP contribution in [0.4, 0.5) is 15.8 Å². The number of anilines is 1. The smallest absolute Gasteiger partial charge is 0.292 e. The third-order valence-corrected chi connectivity index (χ3v) is 4.27. The predicted molar refractivity (Wildman–Crippen MR) is 91.8 cm³/mol. The molecule has 2 N–H and O–H groups in total. The average molecular weight is 343 g/mol. The first-order valence-electron chi connectivity index (χ1n) is 8.07. The first kappa shape index (κ1) is 16.9. The lowest BCUT2D eigenvalue weighted by atomic mass is 10.1. The maximum absolute atomic E-state index is 13.7. The lowest BCUT2D eigenvalue weighted by molar-refractivity contribution is -0.384. The number of hydrogen-bond acceptors (Lipinski definition) is 4. The normalized spacial score (nSPS) is 18.4. The zero-order valence-corrected chi connectivity index (χ0v) is 13.4. The molecule has 1 amide bonds. The van der Waals surface area contributed by atoms with Crippen molar-refractivity contribution in [1.29, 1.82) is 0 Å². The van der Waals surface area contributed by atoms with Crippen LogP contribution in [0, 0.1) is 21.8 Å². The van der Waals surface area contributed by atoms with Crippen molar-refractivity contribution in [2.75, 3.05) is 18.4 Å². The van der Waals surface area contributed by atoms with E-state index in [1.807, 2.05) is 0 Å². The predicted octanol–water partition coefficient (Wildman–Crippen LogP) is 3.07. The Morgan fingerprint density at radius 2 is 1.88 bits per heavy atom. The Bertz CT molecular complexity index is 797. The summed E-state index contributed by atoms with van der Waals surface area (Å²) in [4.78, 5) is 22.6. The molecule has 1 saturated carbocycles. The van der Waals surface area contributed by atoms with Gasteiger partial charge in [-0.1, -0.05) is 30.3 Å². The fourth-order valence-electron chi connectivity index (χ4n) is 2.90. The Kier molecular flexibility index (Phi) is 4.92. The van der Waals surface area contributed by atoms with Gasteiger partial charge in [-0.25, -0.2) is 4.39 Å². The summed E-state index contributed by atoms with van der Waals surface area (Å²) in [5.41, 5.74) is 0.994. The van der Waals surface area contributed by atoms with Gasteiger partial charge < -0.3 is 10.6 Å². The van der Waals surface area contributed by atoms with E-state index in [2.05, 4.69) is 10.6 Å². The summed E-state index contributed by atoms with van der Waals surface area (Å²) >= 11 is 0. The standard InChI is InChI=1S/C18H18FN3O3/c19-15-6-2-1-5-12(15)13-11-14(13)18(23)21-10-9-20-16-7-3-4-8-17(16)22(24)25/h1-8,13-14,20H,9-11H2,(H,21,23). The number of nitrogens with zero attached hydrogens (tertiary/aromatic N) is 1. The van der Waals surface area contributed by atoms with Crippen LogP contribution in [0.1, 0.15) is 17.9 Å². The molecule has 1 aliphatic rings. The van der Waals surface area contributed by atoms with E-state index in [-0.39, 0.29) is 29.2 Å². The quantitative estimate of drug-likeness (QED) is 0.460. The molecule has 0 radical (unpaired) electrons. The number of nitro benzene ring substituents is 1. The molecule has 0 saturated heterocycles. The van der Waals surface area contributed by atoms with Gasteiger partial charge >= 0.3 is 0 Å². The van der Waals surface area contributed by atoms with Gasteiger partial charge in [0.15, 0.2) is 0 Å². The highest BCUT2D eigenvalue weighted by molar-refractivity contribution is 5.82. The molecule has 0 spiro atoms. The van der Waals surface area contributed by atoms with E-state index >= 15 is 0 Å². The number of nitrogens with one attached hydrogen (secondary N) is 2.